The summed E-state index contributed by atoms with van der Waals surface area (Å²) >= 11 is 0. The number of hydrogen-bond acceptors (Lipinski definition) is 17. The van der Waals surface area contributed by atoms with Crippen molar-refractivity contribution in [3.63, 3.8) is 0 Å². The Morgan fingerprint density at radius 2 is 0.468 bits per heavy atom. The summed E-state index contributed by atoms with van der Waals surface area (Å²) in [5.74, 6) is 18.6. The molecule has 11 rings (SSSR count). The van der Waals surface area contributed by atoms with Crippen LogP contribution in [0.4, 0.5) is 0 Å². The number of piperidine rings is 1. The molecule has 11 aliphatic heterocycles. The summed E-state index contributed by atoms with van der Waals surface area (Å²) in [7, 11) is 0. The average molecular weight is 2010 g/mol. The highest BCUT2D eigenvalue weighted by molar-refractivity contribution is 5.80. The fourth-order valence-electron chi connectivity index (χ4n) is 18.8. The van der Waals surface area contributed by atoms with Crippen LogP contribution >= 0.6 is 0 Å². The number of amides is 5. The molecular weight excluding hydrogens is 1770 g/mol. The molecule has 0 unspecified atom stereocenters. The molecule has 5 amide bonds. The van der Waals surface area contributed by atoms with Gasteiger partial charge >= 0.3 is 0 Å². The van der Waals surface area contributed by atoms with Crippen LogP contribution in [-0.2, 0) is 80.8 Å². The molecule has 0 aromatic carbocycles. The number of likely N-dealkylation sites (tertiary alicyclic amines) is 5. The van der Waals surface area contributed by atoms with E-state index in [9.17, 15) is 24.0 Å². The molecule has 11 fully saturated rings. The van der Waals surface area contributed by atoms with Gasteiger partial charge in [-0.25, -0.2) is 0 Å². The second-order valence-electron chi connectivity index (χ2n) is 50.5. The second kappa shape index (κ2) is 72.4. The number of carbonyl (C=O) groups is 5. The van der Waals surface area contributed by atoms with Crippen LogP contribution in [0.5, 0.6) is 0 Å². The van der Waals surface area contributed by atoms with Gasteiger partial charge < -0.3 is 81.3 Å². The van der Waals surface area contributed by atoms with Gasteiger partial charge in [0.25, 0.3) is 0 Å². The summed E-state index contributed by atoms with van der Waals surface area (Å²) in [5, 5.41) is 0. The lowest BCUT2D eigenvalue weighted by molar-refractivity contribution is -0.142. The normalized spacial score (nSPS) is 25.4. The summed E-state index contributed by atoms with van der Waals surface area (Å²) < 4.78 is 67.1. The number of nitrogens with zero attached hydrogens (tertiary/aromatic N) is 5. The molecule has 11 saturated heterocycles. The van der Waals surface area contributed by atoms with E-state index in [1.54, 1.807) is 0 Å². The van der Waals surface area contributed by atoms with Crippen molar-refractivity contribution in [2.75, 3.05) is 145 Å². The maximum absolute atomic E-state index is 11.7. The van der Waals surface area contributed by atoms with E-state index in [1.807, 2.05) is 79.9 Å². The average Bonchev–Trinajstić information content (AvgIpc) is 1.65. The van der Waals surface area contributed by atoms with Crippen molar-refractivity contribution in [1.29, 1.82) is 0 Å². The standard InChI is InChI=1S/C12H23NO.3C11H21NO.4C11H22O2.C10H19NO.2C10H20O2/c1-9(2)11-5-7-13(8-6-11)12(14)10(3)4;1-8(2)5-11(13)12-6-10(7-12)9(3)4;2*1-8(2)10-5-6-12(7-10)11(13)9(3)4;4*1-8(2)10-5-11(13-6-10)7-12-9(3)4;1-7(2)9-5-11(6-9)10(12)8(3)4;2*1-7(2)9-5-11-6-10(9)12-8(3)4/h9-11H,5-8H2,1-4H3;3*8-10H,5-7H2,1-4H3;4*8-11H,5-7H2,1-4H3;7-9H,5-6H2,1-4H3;2*7-10H,5-6H2,1-4H3/t;;2*10-;2*10-,11+;2*10-,11-;;2*9-,10+/m..101010.10/s1. The quantitative estimate of drug-likeness (QED) is 0.0597. The Morgan fingerprint density at radius 3 is 0.681 bits per heavy atom. The first-order valence-corrected chi connectivity index (χ1v) is 57.5. The van der Waals surface area contributed by atoms with Crippen LogP contribution in [0.3, 0.4) is 0 Å². The first-order valence-electron chi connectivity index (χ1n) is 57.5. The number of ether oxygens (including phenoxy) is 12. The smallest absolute Gasteiger partial charge is 0.225 e. The maximum Gasteiger partial charge on any atom is 0.225 e. The van der Waals surface area contributed by atoms with Crippen LogP contribution in [0, 0.1) is 160 Å². The lowest BCUT2D eigenvalue weighted by Crippen LogP contribution is -2.53. The Hall–Kier alpha value is -3.13. The van der Waals surface area contributed by atoms with Gasteiger partial charge in [0.2, 0.25) is 29.5 Å². The third-order valence-corrected chi connectivity index (χ3v) is 30.1. The lowest BCUT2D eigenvalue weighted by atomic mass is 9.86. The molecule has 11 aliphatic rings. The third kappa shape index (κ3) is 57.1. The fourth-order valence-corrected chi connectivity index (χ4v) is 18.8. The molecule has 0 N–H and O–H groups in total. The summed E-state index contributed by atoms with van der Waals surface area (Å²) in [4.78, 5) is 68.0. The van der Waals surface area contributed by atoms with Crippen LogP contribution in [-0.4, -0.2) is 272 Å². The lowest BCUT2D eigenvalue weighted by Gasteiger charge is -2.42. The number of hydrogen-bond donors (Lipinski definition) is 0. The monoisotopic (exact) mass is 2000 g/mol. The predicted octanol–water partition coefficient (Wildman–Crippen LogP) is 24.8. The topological polar surface area (TPSA) is 212 Å². The summed E-state index contributed by atoms with van der Waals surface area (Å²) in [6.07, 6.45) is 14.1. The van der Waals surface area contributed by atoms with Crippen LogP contribution < -0.4 is 0 Å². The van der Waals surface area contributed by atoms with Gasteiger partial charge in [-0.15, -0.1) is 0 Å². The molecule has 0 bridgehead atoms. The number of carbonyl (C=O) groups excluding carboxylic acids is 5. The van der Waals surface area contributed by atoms with E-state index < -0.39 is 0 Å². The highest BCUT2D eigenvalue weighted by Gasteiger charge is 2.39. The largest absolute Gasteiger partial charge is 0.378 e. The van der Waals surface area contributed by atoms with E-state index in [0.29, 0.717) is 151 Å². The van der Waals surface area contributed by atoms with Gasteiger partial charge in [-0.3, -0.25) is 24.0 Å². The van der Waals surface area contributed by atoms with Gasteiger partial charge in [0, 0.05) is 107 Å². The molecule has 22 heteroatoms. The minimum atomic E-state index is 0.158. The molecule has 141 heavy (non-hydrogen) atoms. The van der Waals surface area contributed by atoms with Gasteiger partial charge in [-0.1, -0.05) is 222 Å². The van der Waals surface area contributed by atoms with Crippen molar-refractivity contribution in [1.82, 2.24) is 24.5 Å². The minimum Gasteiger partial charge on any atom is -0.378 e. The molecule has 0 spiro atoms. The SMILES string of the molecule is CC(C)C(=O)N1CC(C(C)C)C1.CC(C)C(=O)N1CCC(C(C)C)CC1.CC(C)C(=O)N1CC[C@@H](C(C)C)C1.CC(C)C(=O)N1CC[C@H](C(C)C)C1.CC(C)CC(=O)N1CC(C(C)C)C1.CC(C)OC[C@@H]1C[C@@H](C(C)C)CO1.CC(C)OC[C@@H]1C[C@H](C(C)C)CO1.CC(C)OC[C@H]1C[C@@H](C(C)C)CO1.CC(C)OC[C@H]1C[C@H](C(C)C)CO1.CC(C)O[C@@H]1COC[C@H]1C(C)C.CC(C)O[C@H]1COC[C@@H]1C(C)C. The molecular formula is C119H233N5O17. The summed E-state index contributed by atoms with van der Waals surface area (Å²) in [6, 6.07) is 0. The van der Waals surface area contributed by atoms with Crippen molar-refractivity contribution in [2.24, 2.45) is 160 Å². The van der Waals surface area contributed by atoms with Crippen molar-refractivity contribution >= 4 is 29.5 Å². The molecule has 0 aromatic rings. The first-order chi connectivity index (χ1) is 65.7. The molecule has 0 radical (unpaired) electrons. The van der Waals surface area contributed by atoms with Gasteiger partial charge in [0.05, 0.1) is 153 Å². The van der Waals surface area contributed by atoms with E-state index in [-0.39, 0.29) is 23.7 Å². The van der Waals surface area contributed by atoms with Crippen LogP contribution in [0.15, 0.2) is 0 Å². The van der Waals surface area contributed by atoms with Crippen LogP contribution in [0.25, 0.3) is 0 Å². The second-order valence-corrected chi connectivity index (χ2v) is 50.5. The summed E-state index contributed by atoms with van der Waals surface area (Å²) in [6.45, 7) is 114. The fraction of sp³-hybridized carbons (Fsp3) is 0.958. The van der Waals surface area contributed by atoms with E-state index in [1.165, 1.54) is 51.4 Å². The number of rotatable bonds is 33. The Labute approximate surface area is 870 Å². The molecule has 0 aromatic heterocycles. The van der Waals surface area contributed by atoms with Crippen molar-refractivity contribution < 1.29 is 80.8 Å². The van der Waals surface area contributed by atoms with E-state index >= 15 is 0 Å². The Balaban J connectivity index is 0.000000776. The highest BCUT2D eigenvalue weighted by Crippen LogP contribution is 2.35. The molecule has 836 valence electrons. The van der Waals surface area contributed by atoms with Crippen LogP contribution in [0.2, 0.25) is 0 Å². The molecule has 22 nitrogen and oxygen atoms in total. The van der Waals surface area contributed by atoms with E-state index in [4.69, 9.17) is 56.8 Å². The van der Waals surface area contributed by atoms with Crippen molar-refractivity contribution in [3.05, 3.63) is 0 Å². The van der Waals surface area contributed by atoms with Gasteiger partial charge in [-0.2, -0.15) is 0 Å². The zero-order valence-corrected chi connectivity index (χ0v) is 100. The Bertz CT molecular complexity index is 2960. The zero-order valence-electron chi connectivity index (χ0n) is 100. The molecule has 11 heterocycles. The van der Waals surface area contributed by atoms with E-state index in [0.717, 1.165) is 239 Å². The first kappa shape index (κ1) is 136. The molecule has 0 saturated carbocycles. The Morgan fingerprint density at radius 1 is 0.241 bits per heavy atom. The highest BCUT2D eigenvalue weighted by atomic mass is 16.6. The van der Waals surface area contributed by atoms with Gasteiger partial charge in [0.1, 0.15) is 0 Å². The van der Waals surface area contributed by atoms with Crippen molar-refractivity contribution in [2.45, 2.75) is 436 Å². The van der Waals surface area contributed by atoms with E-state index in [2.05, 4.69) is 249 Å². The maximum atomic E-state index is 11.7. The predicted molar refractivity (Wildman–Crippen MR) is 585 cm³/mol. The zero-order chi connectivity index (χ0) is 108. The van der Waals surface area contributed by atoms with Gasteiger partial charge in [-0.05, 0) is 259 Å². The summed E-state index contributed by atoms with van der Waals surface area (Å²) in [5.41, 5.74) is 0. The third-order valence-electron chi connectivity index (χ3n) is 30.1. The van der Waals surface area contributed by atoms with Crippen LogP contribution in [0.1, 0.15) is 362 Å². The van der Waals surface area contributed by atoms with Gasteiger partial charge in [0.15, 0.2) is 0 Å². The minimum absolute atomic E-state index is 0.158. The molecule has 14 atom stereocenters. The Kier molecular flexibility index (Phi) is 69.7. The molecule has 0 aliphatic carbocycles. The van der Waals surface area contributed by atoms with Crippen molar-refractivity contribution in [3.8, 4) is 0 Å².